The van der Waals surface area contributed by atoms with Crippen molar-refractivity contribution in [2.75, 3.05) is 37.8 Å². The van der Waals surface area contributed by atoms with Crippen LogP contribution in [-0.2, 0) is 10.0 Å². The van der Waals surface area contributed by atoms with E-state index in [9.17, 15) is 8.42 Å². The third-order valence-electron chi connectivity index (χ3n) is 3.55. The lowest BCUT2D eigenvalue weighted by Gasteiger charge is -2.19. The maximum absolute atomic E-state index is 12.3. The Morgan fingerprint density at radius 2 is 2.21 bits per heavy atom. The van der Waals surface area contributed by atoms with Gasteiger partial charge in [0.15, 0.2) is 10.7 Å². The van der Waals surface area contributed by atoms with Gasteiger partial charge in [-0.1, -0.05) is 13.3 Å². The SMILES string of the molecule is CCC1CCN(c2snc(N)c2S(=O)(=O)N(C)C)C1. The van der Waals surface area contributed by atoms with Gasteiger partial charge < -0.3 is 10.6 Å². The van der Waals surface area contributed by atoms with Gasteiger partial charge in [-0.15, -0.1) is 0 Å². The summed E-state index contributed by atoms with van der Waals surface area (Å²) in [5, 5.41) is 0.683. The molecule has 1 aliphatic rings. The maximum atomic E-state index is 12.3. The lowest BCUT2D eigenvalue weighted by atomic mass is 10.1. The summed E-state index contributed by atoms with van der Waals surface area (Å²) in [6.45, 7) is 3.91. The van der Waals surface area contributed by atoms with E-state index in [2.05, 4.69) is 16.2 Å². The largest absolute Gasteiger partial charge is 0.382 e. The van der Waals surface area contributed by atoms with Crippen molar-refractivity contribution in [3.8, 4) is 0 Å². The Labute approximate surface area is 118 Å². The molecule has 6 nitrogen and oxygen atoms in total. The Morgan fingerprint density at radius 1 is 1.53 bits per heavy atom. The van der Waals surface area contributed by atoms with E-state index in [0.29, 0.717) is 10.9 Å². The van der Waals surface area contributed by atoms with Gasteiger partial charge in [0.25, 0.3) is 0 Å². The fourth-order valence-corrected chi connectivity index (χ4v) is 4.52. The monoisotopic (exact) mass is 304 g/mol. The Kier molecular flexibility index (Phi) is 4.03. The first-order chi connectivity index (χ1) is 8.87. The summed E-state index contributed by atoms with van der Waals surface area (Å²) in [5.74, 6) is 0.729. The summed E-state index contributed by atoms with van der Waals surface area (Å²) in [5.41, 5.74) is 5.77. The zero-order chi connectivity index (χ0) is 14.2. The number of nitrogens with two attached hydrogens (primary N) is 1. The van der Waals surface area contributed by atoms with Crippen molar-refractivity contribution < 1.29 is 8.42 Å². The van der Waals surface area contributed by atoms with Crippen LogP contribution in [0.2, 0.25) is 0 Å². The molecule has 8 heteroatoms. The summed E-state index contributed by atoms with van der Waals surface area (Å²) in [4.78, 5) is 2.26. The molecule has 0 spiro atoms. The van der Waals surface area contributed by atoms with Crippen LogP contribution in [0.25, 0.3) is 0 Å². The van der Waals surface area contributed by atoms with Gasteiger partial charge >= 0.3 is 0 Å². The number of anilines is 2. The number of hydrogen-bond donors (Lipinski definition) is 1. The molecule has 1 aromatic rings. The molecule has 2 rings (SSSR count). The van der Waals surface area contributed by atoms with E-state index in [0.717, 1.165) is 25.9 Å². The molecule has 0 saturated carbocycles. The van der Waals surface area contributed by atoms with E-state index in [-0.39, 0.29) is 10.7 Å². The van der Waals surface area contributed by atoms with E-state index in [1.54, 1.807) is 0 Å². The minimum Gasteiger partial charge on any atom is -0.382 e. The van der Waals surface area contributed by atoms with Crippen LogP contribution >= 0.6 is 11.5 Å². The number of rotatable bonds is 4. The highest BCUT2D eigenvalue weighted by Gasteiger charge is 2.32. The predicted molar refractivity (Wildman–Crippen MR) is 78.0 cm³/mol. The first kappa shape index (κ1) is 14.5. The summed E-state index contributed by atoms with van der Waals surface area (Å²) >= 11 is 1.18. The third kappa shape index (κ3) is 2.56. The molecule has 1 unspecified atom stereocenters. The second-order valence-corrected chi connectivity index (χ2v) is 7.84. The molecule has 1 aliphatic heterocycles. The highest BCUT2D eigenvalue weighted by Crippen LogP contribution is 2.38. The highest BCUT2D eigenvalue weighted by atomic mass is 32.2. The number of sulfonamides is 1. The van der Waals surface area contributed by atoms with Gasteiger partial charge in [-0.2, -0.15) is 4.37 Å². The van der Waals surface area contributed by atoms with Crippen molar-refractivity contribution in [1.29, 1.82) is 0 Å². The zero-order valence-corrected chi connectivity index (χ0v) is 13.1. The van der Waals surface area contributed by atoms with E-state index in [1.807, 2.05) is 0 Å². The van der Waals surface area contributed by atoms with E-state index >= 15 is 0 Å². The Morgan fingerprint density at radius 3 is 2.74 bits per heavy atom. The number of hydrogen-bond acceptors (Lipinski definition) is 6. The van der Waals surface area contributed by atoms with Crippen molar-refractivity contribution >= 4 is 32.4 Å². The topological polar surface area (TPSA) is 79.5 Å². The van der Waals surface area contributed by atoms with Gasteiger partial charge in [0.1, 0.15) is 5.00 Å². The highest BCUT2D eigenvalue weighted by molar-refractivity contribution is 7.89. The molecule has 2 heterocycles. The van der Waals surface area contributed by atoms with Crippen molar-refractivity contribution in [2.24, 2.45) is 5.92 Å². The molecule has 1 saturated heterocycles. The van der Waals surface area contributed by atoms with Gasteiger partial charge in [-0.05, 0) is 23.9 Å². The molecule has 0 radical (unpaired) electrons. The summed E-state index contributed by atoms with van der Waals surface area (Å²) in [6, 6.07) is 0. The molecule has 108 valence electrons. The Balaban J connectivity index is 2.39. The third-order valence-corrected chi connectivity index (χ3v) is 6.48. The van der Waals surface area contributed by atoms with Crippen LogP contribution in [0, 0.1) is 5.92 Å². The Hall–Kier alpha value is -0.860. The van der Waals surface area contributed by atoms with Gasteiger partial charge in [-0.25, -0.2) is 12.7 Å². The first-order valence-electron chi connectivity index (χ1n) is 6.30. The Bertz CT molecular complexity index is 553. The van der Waals surface area contributed by atoms with Crippen molar-refractivity contribution in [2.45, 2.75) is 24.7 Å². The van der Waals surface area contributed by atoms with Gasteiger partial charge in [0.05, 0.1) is 0 Å². The molecular weight excluding hydrogens is 284 g/mol. The summed E-state index contributed by atoms with van der Waals surface area (Å²) < 4.78 is 29.9. The fraction of sp³-hybridized carbons (Fsp3) is 0.727. The second-order valence-electron chi connectivity index (χ2n) is 5.00. The van der Waals surface area contributed by atoms with Crippen LogP contribution in [0.5, 0.6) is 0 Å². The van der Waals surface area contributed by atoms with Crippen molar-refractivity contribution in [1.82, 2.24) is 8.68 Å². The molecule has 0 bridgehead atoms. The molecule has 1 fully saturated rings. The zero-order valence-electron chi connectivity index (χ0n) is 11.5. The number of nitrogens with zero attached hydrogens (tertiary/aromatic N) is 3. The molecule has 1 aromatic heterocycles. The smallest absolute Gasteiger partial charge is 0.249 e. The number of nitrogen functional groups attached to an aromatic ring is 1. The number of aromatic nitrogens is 1. The van der Waals surface area contributed by atoms with Crippen LogP contribution in [0.4, 0.5) is 10.8 Å². The van der Waals surface area contributed by atoms with E-state index in [1.165, 1.54) is 29.9 Å². The summed E-state index contributed by atoms with van der Waals surface area (Å²) in [6.07, 6.45) is 2.20. The predicted octanol–water partition coefficient (Wildman–Crippen LogP) is 1.21. The molecule has 0 aliphatic carbocycles. The average Bonchev–Trinajstić information content (AvgIpc) is 2.94. The van der Waals surface area contributed by atoms with Crippen LogP contribution in [0.1, 0.15) is 19.8 Å². The quantitative estimate of drug-likeness (QED) is 0.904. The molecule has 19 heavy (non-hydrogen) atoms. The normalized spacial score (nSPS) is 20.4. The van der Waals surface area contributed by atoms with Gasteiger partial charge in [-0.3, -0.25) is 0 Å². The molecule has 0 amide bonds. The lowest BCUT2D eigenvalue weighted by molar-refractivity contribution is 0.521. The molecule has 0 aromatic carbocycles. The summed E-state index contributed by atoms with van der Waals surface area (Å²) in [7, 11) is -0.524. The maximum Gasteiger partial charge on any atom is 0.249 e. The van der Waals surface area contributed by atoms with Gasteiger partial charge in [0, 0.05) is 27.2 Å². The van der Waals surface area contributed by atoms with Crippen LogP contribution in [0.3, 0.4) is 0 Å². The second kappa shape index (κ2) is 5.26. The van der Waals surface area contributed by atoms with Gasteiger partial charge in [0.2, 0.25) is 10.0 Å². The molecule has 1 atom stereocenters. The van der Waals surface area contributed by atoms with Crippen molar-refractivity contribution in [3.63, 3.8) is 0 Å². The standard InChI is InChI=1S/C11H20N4O2S2/c1-4-8-5-6-15(7-8)11-9(10(12)13-18-11)19(16,17)14(2)3/h8H,4-7H2,1-3H3,(H2,12,13). The van der Waals surface area contributed by atoms with Crippen molar-refractivity contribution in [3.05, 3.63) is 0 Å². The fourth-order valence-electron chi connectivity index (χ4n) is 2.26. The van der Waals surface area contributed by atoms with Crippen LogP contribution < -0.4 is 10.6 Å². The van der Waals surface area contributed by atoms with Crippen LogP contribution in [-0.4, -0.2) is 44.3 Å². The van der Waals surface area contributed by atoms with E-state index in [4.69, 9.17) is 5.73 Å². The van der Waals surface area contributed by atoms with Crippen LogP contribution in [0.15, 0.2) is 4.90 Å². The molecule has 2 N–H and O–H groups in total. The minimum atomic E-state index is -3.54. The minimum absolute atomic E-state index is 0.105. The first-order valence-corrected chi connectivity index (χ1v) is 8.51. The van der Waals surface area contributed by atoms with E-state index < -0.39 is 10.0 Å². The lowest BCUT2D eigenvalue weighted by Crippen LogP contribution is -2.26. The average molecular weight is 304 g/mol. The molecular formula is C11H20N4O2S2.